The molecule has 1 aliphatic rings. The Kier molecular flexibility index (Phi) is 7.55. The number of methoxy groups -OCH3 is 1. The van der Waals surface area contributed by atoms with Crippen LogP contribution in [0.15, 0.2) is 48.5 Å². The van der Waals surface area contributed by atoms with Crippen molar-refractivity contribution in [2.24, 2.45) is 0 Å². The molecule has 4 aromatic rings. The van der Waals surface area contributed by atoms with Gasteiger partial charge in [0.1, 0.15) is 10.8 Å². The van der Waals surface area contributed by atoms with Crippen molar-refractivity contribution in [1.29, 1.82) is 0 Å². The monoisotopic (exact) mass is 531 g/mol. The molecule has 0 bridgehead atoms. The number of nitrogens with one attached hydrogen (secondary N) is 2. The van der Waals surface area contributed by atoms with E-state index in [-0.39, 0.29) is 0 Å². The Balaban J connectivity index is 1.30. The van der Waals surface area contributed by atoms with E-state index in [1.165, 1.54) is 25.4 Å². The predicted molar refractivity (Wildman–Crippen MR) is 147 cm³/mol. The lowest BCUT2D eigenvalue weighted by atomic mass is 9.96. The number of amides is 1. The smallest absolute Gasteiger partial charge is 0.341 e. The molecule has 2 aromatic heterocycles. The van der Waals surface area contributed by atoms with Crippen LogP contribution in [0.4, 0.5) is 5.00 Å². The largest absolute Gasteiger partial charge is 0.465 e. The number of rotatable bonds is 6. The van der Waals surface area contributed by atoms with E-state index >= 15 is 0 Å². The van der Waals surface area contributed by atoms with Crippen molar-refractivity contribution in [1.82, 2.24) is 9.97 Å². The van der Waals surface area contributed by atoms with E-state index in [0.717, 1.165) is 60.0 Å². The van der Waals surface area contributed by atoms with Crippen LogP contribution in [0.25, 0.3) is 22.4 Å². The summed E-state index contributed by atoms with van der Waals surface area (Å²) in [6.45, 7) is 1.51. The number of imidazole rings is 1. The summed E-state index contributed by atoms with van der Waals surface area (Å²) < 4.78 is 10.5. The lowest BCUT2D eigenvalue weighted by Crippen LogP contribution is -2.30. The van der Waals surface area contributed by atoms with Crippen LogP contribution < -0.4 is 5.32 Å². The van der Waals surface area contributed by atoms with E-state index in [4.69, 9.17) is 9.47 Å². The van der Waals surface area contributed by atoms with Crippen molar-refractivity contribution in [2.45, 2.75) is 51.6 Å². The third-order valence-electron chi connectivity index (χ3n) is 6.72. The fraction of sp³-hybridized carbons (Fsp3) is 0.310. The highest BCUT2D eigenvalue weighted by Crippen LogP contribution is 2.37. The Morgan fingerprint density at radius 2 is 1.76 bits per heavy atom. The maximum absolute atomic E-state index is 13.0. The molecule has 1 atom stereocenters. The number of H-pyrrole nitrogens is 1. The molecule has 0 saturated carbocycles. The SMILES string of the molecule is COC(=O)c1c(NC(=O)C(C)OC(=O)c2ccc3nc(-c4ccccc4)[nH]c3c2)sc2c1CCCCCC2. The Bertz CT molecular complexity index is 1490. The molecular formula is C29H29N3O5S. The molecule has 5 rings (SSSR count). The minimum Gasteiger partial charge on any atom is -0.465 e. The molecule has 0 fully saturated rings. The average Bonchev–Trinajstić information content (AvgIpc) is 3.49. The van der Waals surface area contributed by atoms with Crippen LogP contribution >= 0.6 is 11.3 Å². The van der Waals surface area contributed by atoms with Gasteiger partial charge in [-0.05, 0) is 56.4 Å². The van der Waals surface area contributed by atoms with Gasteiger partial charge in [0, 0.05) is 10.4 Å². The van der Waals surface area contributed by atoms with Crippen LogP contribution in [0.2, 0.25) is 0 Å². The lowest BCUT2D eigenvalue weighted by Gasteiger charge is -2.14. The second-order valence-corrected chi connectivity index (χ2v) is 10.4. The average molecular weight is 532 g/mol. The number of aromatic amines is 1. The summed E-state index contributed by atoms with van der Waals surface area (Å²) in [7, 11) is 1.34. The van der Waals surface area contributed by atoms with Gasteiger partial charge in [-0.15, -0.1) is 11.3 Å². The number of aromatic nitrogens is 2. The van der Waals surface area contributed by atoms with Gasteiger partial charge in [0.05, 0.1) is 29.3 Å². The van der Waals surface area contributed by atoms with Crippen molar-refractivity contribution in [3.8, 4) is 11.4 Å². The Hall–Kier alpha value is -3.98. The summed E-state index contributed by atoms with van der Waals surface area (Å²) in [6, 6.07) is 14.7. The molecule has 0 radical (unpaired) electrons. The zero-order valence-corrected chi connectivity index (χ0v) is 22.2. The quantitative estimate of drug-likeness (QED) is 0.299. The van der Waals surface area contributed by atoms with Gasteiger partial charge in [-0.1, -0.05) is 43.2 Å². The first-order valence-corrected chi connectivity index (χ1v) is 13.6. The fourth-order valence-corrected chi connectivity index (χ4v) is 5.97. The summed E-state index contributed by atoms with van der Waals surface area (Å²) in [6.07, 6.45) is 4.87. The number of carbonyl (C=O) groups is 3. The molecule has 0 spiro atoms. The number of ether oxygens (including phenoxy) is 2. The van der Waals surface area contributed by atoms with Crippen molar-refractivity contribution < 1.29 is 23.9 Å². The number of fused-ring (bicyclic) bond motifs is 2. The van der Waals surface area contributed by atoms with E-state index in [0.29, 0.717) is 27.5 Å². The van der Waals surface area contributed by atoms with Crippen molar-refractivity contribution in [3.63, 3.8) is 0 Å². The zero-order chi connectivity index (χ0) is 26.6. The van der Waals surface area contributed by atoms with Gasteiger partial charge in [-0.25, -0.2) is 14.6 Å². The summed E-state index contributed by atoms with van der Waals surface area (Å²) >= 11 is 1.41. The van der Waals surface area contributed by atoms with E-state index in [1.807, 2.05) is 30.3 Å². The maximum atomic E-state index is 13.0. The second kappa shape index (κ2) is 11.2. The Morgan fingerprint density at radius 1 is 1.00 bits per heavy atom. The third kappa shape index (κ3) is 5.33. The number of esters is 2. The standard InChI is InChI=1S/C29H29N3O5S/c1-17(26(33)32-27-24(29(35)36-2)20-12-8-3-4-9-13-23(20)38-27)37-28(34)19-14-15-21-22(16-19)31-25(30-21)18-10-6-5-7-11-18/h5-7,10-11,14-17H,3-4,8-9,12-13H2,1-2H3,(H,30,31)(H,32,33). The normalized spacial score (nSPS) is 14.2. The number of thiophene rings is 1. The number of carbonyl (C=O) groups excluding carboxylic acids is 3. The zero-order valence-electron chi connectivity index (χ0n) is 21.3. The van der Waals surface area contributed by atoms with Gasteiger partial charge in [0.15, 0.2) is 6.10 Å². The van der Waals surface area contributed by atoms with E-state index in [2.05, 4.69) is 15.3 Å². The molecule has 0 aliphatic heterocycles. The van der Waals surface area contributed by atoms with E-state index in [1.54, 1.807) is 18.2 Å². The Morgan fingerprint density at radius 3 is 2.53 bits per heavy atom. The van der Waals surface area contributed by atoms with Gasteiger partial charge < -0.3 is 19.8 Å². The van der Waals surface area contributed by atoms with Crippen LogP contribution in [0.1, 0.15) is 63.8 Å². The van der Waals surface area contributed by atoms with Gasteiger partial charge >= 0.3 is 11.9 Å². The summed E-state index contributed by atoms with van der Waals surface area (Å²) in [5, 5.41) is 3.26. The second-order valence-electron chi connectivity index (χ2n) is 9.33. The molecular weight excluding hydrogens is 502 g/mol. The number of anilines is 1. The highest BCUT2D eigenvalue weighted by molar-refractivity contribution is 7.17. The number of nitrogens with zero attached hydrogens (tertiary/aromatic N) is 1. The van der Waals surface area contributed by atoms with Gasteiger partial charge in [0.25, 0.3) is 5.91 Å². The highest BCUT2D eigenvalue weighted by atomic mass is 32.1. The van der Waals surface area contributed by atoms with Crippen molar-refractivity contribution >= 4 is 45.2 Å². The van der Waals surface area contributed by atoms with Gasteiger partial charge in [-0.2, -0.15) is 0 Å². The number of hydrogen-bond donors (Lipinski definition) is 2. The van der Waals surface area contributed by atoms with Gasteiger partial charge in [0.2, 0.25) is 0 Å². The molecule has 9 heteroatoms. The van der Waals surface area contributed by atoms with Crippen LogP contribution in [-0.4, -0.2) is 41.0 Å². The molecule has 196 valence electrons. The third-order valence-corrected chi connectivity index (χ3v) is 7.92. The van der Waals surface area contributed by atoms with Crippen LogP contribution in [0.5, 0.6) is 0 Å². The van der Waals surface area contributed by atoms with E-state index < -0.39 is 23.9 Å². The molecule has 1 unspecified atom stereocenters. The van der Waals surface area contributed by atoms with Gasteiger partial charge in [-0.3, -0.25) is 4.79 Å². The lowest BCUT2D eigenvalue weighted by molar-refractivity contribution is -0.123. The van der Waals surface area contributed by atoms with Crippen LogP contribution in [-0.2, 0) is 27.1 Å². The fourth-order valence-electron chi connectivity index (χ4n) is 4.69. The van der Waals surface area contributed by atoms with E-state index in [9.17, 15) is 14.4 Å². The predicted octanol–water partition coefficient (Wildman–Crippen LogP) is 5.92. The topological polar surface area (TPSA) is 110 Å². The van der Waals surface area contributed by atoms with Crippen LogP contribution in [0, 0.1) is 0 Å². The molecule has 1 aliphatic carbocycles. The number of hydrogen-bond acceptors (Lipinski definition) is 7. The molecule has 2 heterocycles. The minimum atomic E-state index is -1.07. The Labute approximate surface area is 224 Å². The first-order chi connectivity index (χ1) is 18.4. The van der Waals surface area contributed by atoms with Crippen LogP contribution in [0.3, 0.4) is 0 Å². The maximum Gasteiger partial charge on any atom is 0.341 e. The van der Waals surface area contributed by atoms with Crippen molar-refractivity contribution in [3.05, 3.63) is 70.1 Å². The van der Waals surface area contributed by atoms with Crippen molar-refractivity contribution in [2.75, 3.05) is 12.4 Å². The molecule has 1 amide bonds. The molecule has 0 saturated heterocycles. The minimum absolute atomic E-state index is 0.301. The first kappa shape index (κ1) is 25.7. The first-order valence-electron chi connectivity index (χ1n) is 12.7. The molecule has 2 aromatic carbocycles. The molecule has 38 heavy (non-hydrogen) atoms. The summed E-state index contributed by atoms with van der Waals surface area (Å²) in [5.74, 6) is -0.903. The number of aryl methyl sites for hydroxylation is 1. The molecule has 2 N–H and O–H groups in total. The highest BCUT2D eigenvalue weighted by Gasteiger charge is 2.28. The summed E-state index contributed by atoms with van der Waals surface area (Å²) in [5.41, 5.74) is 4.02. The molecule has 8 nitrogen and oxygen atoms in total. The number of benzene rings is 2. The summed E-state index contributed by atoms with van der Waals surface area (Å²) in [4.78, 5) is 47.4.